The quantitative estimate of drug-likeness (QED) is 0.554. The van der Waals surface area contributed by atoms with Gasteiger partial charge >= 0.3 is 0 Å². The third-order valence-corrected chi connectivity index (χ3v) is 1.81. The van der Waals surface area contributed by atoms with Crippen LogP contribution in [0.4, 0.5) is 4.39 Å². The first kappa shape index (κ1) is 14.3. The average Bonchev–Trinajstić information content (AvgIpc) is 2.21. The summed E-state index contributed by atoms with van der Waals surface area (Å²) < 4.78 is 13.3. The van der Waals surface area contributed by atoms with E-state index in [1.165, 1.54) is 6.08 Å². The van der Waals surface area contributed by atoms with E-state index in [0.717, 1.165) is 12.3 Å². The minimum Gasteiger partial charge on any atom is -0.326 e. The van der Waals surface area contributed by atoms with Crippen LogP contribution >= 0.6 is 0 Å². The van der Waals surface area contributed by atoms with Crippen molar-refractivity contribution in [2.45, 2.75) is 19.9 Å². The van der Waals surface area contributed by atoms with Crippen molar-refractivity contribution < 1.29 is 9.18 Å². The van der Waals surface area contributed by atoms with Gasteiger partial charge in [-0.25, -0.2) is 4.39 Å². The van der Waals surface area contributed by atoms with Crippen molar-refractivity contribution in [3.8, 4) is 0 Å². The van der Waals surface area contributed by atoms with Crippen molar-refractivity contribution in [1.82, 2.24) is 5.32 Å². The minimum absolute atomic E-state index is 0.313. The molecule has 1 amide bonds. The molecular formula is C12H17FN2O. The molecule has 0 heterocycles. The lowest BCUT2D eigenvalue weighted by Gasteiger charge is -2.10. The van der Waals surface area contributed by atoms with E-state index in [2.05, 4.69) is 18.5 Å². The molecule has 0 aromatic rings. The fourth-order valence-electron chi connectivity index (χ4n) is 1.03. The predicted octanol–water partition coefficient (Wildman–Crippen LogP) is 1.95. The first-order valence-electron chi connectivity index (χ1n) is 4.80. The molecule has 16 heavy (non-hydrogen) atoms. The average molecular weight is 224 g/mol. The van der Waals surface area contributed by atoms with Crippen molar-refractivity contribution in [3.63, 3.8) is 0 Å². The maximum atomic E-state index is 13.3. The number of rotatable bonds is 5. The molecule has 0 fully saturated rings. The number of nitrogens with two attached hydrogens (primary N) is 1. The number of carbonyl (C=O) groups is 1. The van der Waals surface area contributed by atoms with Crippen molar-refractivity contribution in [3.05, 3.63) is 48.5 Å². The Bertz CT molecular complexity index is 354. The summed E-state index contributed by atoms with van der Waals surface area (Å²) in [6, 6.07) is -0.313. The molecule has 1 atom stereocenters. The summed E-state index contributed by atoms with van der Waals surface area (Å²) in [5.74, 6) is -1.06. The summed E-state index contributed by atoms with van der Waals surface area (Å²) in [4.78, 5) is 10.8. The summed E-state index contributed by atoms with van der Waals surface area (Å²) >= 11 is 0. The Morgan fingerprint density at radius 1 is 1.56 bits per heavy atom. The molecule has 0 aliphatic rings. The first-order chi connectivity index (χ1) is 7.38. The summed E-state index contributed by atoms with van der Waals surface area (Å²) in [6.45, 7) is 10.4. The second-order valence-electron chi connectivity index (χ2n) is 3.41. The van der Waals surface area contributed by atoms with E-state index < -0.39 is 11.7 Å². The molecule has 0 spiro atoms. The fourth-order valence-corrected chi connectivity index (χ4v) is 1.03. The van der Waals surface area contributed by atoms with Crippen LogP contribution in [-0.2, 0) is 4.79 Å². The Morgan fingerprint density at radius 3 is 2.50 bits per heavy atom. The van der Waals surface area contributed by atoms with Crippen LogP contribution in [0.2, 0.25) is 0 Å². The smallest absolute Gasteiger partial charge is 0.247 e. The van der Waals surface area contributed by atoms with E-state index in [0.29, 0.717) is 11.1 Å². The second-order valence-corrected chi connectivity index (χ2v) is 3.41. The van der Waals surface area contributed by atoms with Gasteiger partial charge in [-0.1, -0.05) is 18.7 Å². The molecule has 0 rings (SSSR count). The maximum absolute atomic E-state index is 13.3. The summed E-state index contributed by atoms with van der Waals surface area (Å²) in [6.07, 6.45) is 3.25. The third kappa shape index (κ3) is 5.26. The van der Waals surface area contributed by atoms with E-state index in [1.54, 1.807) is 13.8 Å². The van der Waals surface area contributed by atoms with E-state index in [9.17, 15) is 9.18 Å². The Balaban J connectivity index is 4.77. The van der Waals surface area contributed by atoms with Gasteiger partial charge in [-0.3, -0.25) is 4.79 Å². The van der Waals surface area contributed by atoms with Gasteiger partial charge in [0.15, 0.2) is 0 Å². The van der Waals surface area contributed by atoms with Crippen LogP contribution in [0.1, 0.15) is 13.8 Å². The normalized spacial score (nSPS) is 14.2. The highest BCUT2D eigenvalue weighted by atomic mass is 19.1. The van der Waals surface area contributed by atoms with Gasteiger partial charge in [0.2, 0.25) is 5.91 Å². The van der Waals surface area contributed by atoms with E-state index in [-0.39, 0.29) is 6.04 Å². The number of nitrogens with one attached hydrogen (secondary N) is 1. The van der Waals surface area contributed by atoms with Crippen LogP contribution < -0.4 is 11.1 Å². The number of carbonyl (C=O) groups excluding carboxylic acids is 1. The number of halogens is 1. The zero-order chi connectivity index (χ0) is 12.7. The van der Waals surface area contributed by atoms with Crippen molar-refractivity contribution in [2.24, 2.45) is 5.73 Å². The van der Waals surface area contributed by atoms with Gasteiger partial charge < -0.3 is 11.1 Å². The fraction of sp³-hybridized carbons (Fsp3) is 0.250. The van der Waals surface area contributed by atoms with E-state index in [1.807, 2.05) is 0 Å². The monoisotopic (exact) mass is 224 g/mol. The van der Waals surface area contributed by atoms with Crippen LogP contribution in [0.5, 0.6) is 0 Å². The number of hydrogen-bond acceptors (Lipinski definition) is 2. The molecule has 4 heteroatoms. The Labute approximate surface area is 95.2 Å². The molecule has 0 aromatic heterocycles. The van der Waals surface area contributed by atoms with Crippen LogP contribution in [0.25, 0.3) is 0 Å². The van der Waals surface area contributed by atoms with Crippen LogP contribution in [0.15, 0.2) is 48.5 Å². The number of allylic oxidation sites excluding steroid dienone is 2. The highest BCUT2D eigenvalue weighted by Gasteiger charge is 2.05. The molecule has 0 bridgehead atoms. The third-order valence-electron chi connectivity index (χ3n) is 1.81. The van der Waals surface area contributed by atoms with Gasteiger partial charge in [0.25, 0.3) is 0 Å². The molecular weight excluding hydrogens is 207 g/mol. The molecule has 1 unspecified atom stereocenters. The van der Waals surface area contributed by atoms with Crippen LogP contribution in [0.3, 0.4) is 0 Å². The molecule has 0 aliphatic carbocycles. The summed E-state index contributed by atoms with van der Waals surface area (Å²) in [5.41, 5.74) is 6.93. The summed E-state index contributed by atoms with van der Waals surface area (Å²) in [5, 5.41) is 2.21. The molecule has 3 N–H and O–H groups in total. The number of hydrogen-bond donors (Lipinski definition) is 2. The largest absolute Gasteiger partial charge is 0.326 e. The lowest BCUT2D eigenvalue weighted by atomic mass is 10.0. The van der Waals surface area contributed by atoms with Crippen molar-refractivity contribution >= 4 is 5.91 Å². The van der Waals surface area contributed by atoms with Gasteiger partial charge in [0.1, 0.15) is 5.83 Å². The van der Waals surface area contributed by atoms with Crippen LogP contribution in [-0.4, -0.2) is 11.9 Å². The molecule has 0 saturated carbocycles. The van der Waals surface area contributed by atoms with E-state index >= 15 is 0 Å². The molecule has 0 aliphatic heterocycles. The zero-order valence-corrected chi connectivity index (χ0v) is 9.59. The first-order valence-corrected chi connectivity index (χ1v) is 4.80. The molecule has 0 radical (unpaired) electrons. The maximum Gasteiger partial charge on any atom is 0.247 e. The lowest BCUT2D eigenvalue weighted by molar-refractivity contribution is -0.115. The SMILES string of the molecule is C=CC(=O)N/C=C(F)\C=C(/C(=C)C)C(C)N. The van der Waals surface area contributed by atoms with Crippen molar-refractivity contribution in [2.75, 3.05) is 0 Å². The molecule has 3 nitrogen and oxygen atoms in total. The molecule has 0 saturated heterocycles. The minimum atomic E-state index is -0.592. The molecule has 0 aromatic carbocycles. The number of amides is 1. The van der Waals surface area contributed by atoms with Gasteiger partial charge in [-0.15, -0.1) is 0 Å². The van der Waals surface area contributed by atoms with Gasteiger partial charge in [0.05, 0.1) is 0 Å². The van der Waals surface area contributed by atoms with Crippen molar-refractivity contribution in [1.29, 1.82) is 0 Å². The lowest BCUT2D eigenvalue weighted by Crippen LogP contribution is -2.19. The second kappa shape index (κ2) is 6.74. The Kier molecular flexibility index (Phi) is 6.03. The van der Waals surface area contributed by atoms with Gasteiger partial charge in [-0.2, -0.15) is 0 Å². The highest BCUT2D eigenvalue weighted by Crippen LogP contribution is 2.13. The Hall–Kier alpha value is -1.68. The predicted molar refractivity (Wildman–Crippen MR) is 64.1 cm³/mol. The van der Waals surface area contributed by atoms with Gasteiger partial charge in [0, 0.05) is 12.2 Å². The highest BCUT2D eigenvalue weighted by molar-refractivity contribution is 5.87. The zero-order valence-electron chi connectivity index (χ0n) is 9.59. The van der Waals surface area contributed by atoms with Gasteiger partial charge in [-0.05, 0) is 31.6 Å². The van der Waals surface area contributed by atoms with Crippen LogP contribution in [0, 0.1) is 0 Å². The standard InChI is InChI=1S/C12H17FN2O/c1-5-12(16)15-7-10(13)6-11(8(2)3)9(4)14/h5-7,9H,1-2,14H2,3-4H3,(H,15,16)/b10-7+,11-6+. The Morgan fingerprint density at radius 2 is 2.12 bits per heavy atom. The summed E-state index contributed by atoms with van der Waals surface area (Å²) in [7, 11) is 0. The topological polar surface area (TPSA) is 55.1 Å². The molecule has 88 valence electrons. The van der Waals surface area contributed by atoms with E-state index in [4.69, 9.17) is 5.73 Å².